The molecule has 1 aromatic heterocycles. The van der Waals surface area contributed by atoms with Gasteiger partial charge in [-0.25, -0.2) is 0 Å². The highest BCUT2D eigenvalue weighted by Crippen LogP contribution is 2.30. The second-order valence-corrected chi connectivity index (χ2v) is 6.03. The average Bonchev–Trinajstić information content (AvgIpc) is 3.02. The lowest BCUT2D eigenvalue weighted by Crippen LogP contribution is -1.94. The largest absolute Gasteiger partial charge is 0.495 e. The van der Waals surface area contributed by atoms with E-state index >= 15 is 0 Å². The van der Waals surface area contributed by atoms with Gasteiger partial charge in [0.2, 0.25) is 5.13 Å². The quantitative estimate of drug-likeness (QED) is 0.735. The number of benzene rings is 2. The van der Waals surface area contributed by atoms with E-state index in [1.54, 1.807) is 7.11 Å². The number of ether oxygens (including phenoxy) is 1. The van der Waals surface area contributed by atoms with Gasteiger partial charge < -0.3 is 10.1 Å². The number of aromatic nitrogens is 2. The van der Waals surface area contributed by atoms with Gasteiger partial charge in [-0.05, 0) is 36.3 Å². The van der Waals surface area contributed by atoms with Gasteiger partial charge in [0.25, 0.3) is 0 Å². The molecule has 0 bridgehead atoms. The maximum Gasteiger partial charge on any atom is 0.210 e. The molecule has 1 heterocycles. The molecule has 3 rings (SSSR count). The Morgan fingerprint density at radius 2 is 1.87 bits per heavy atom. The zero-order chi connectivity index (χ0) is 16.1. The minimum absolute atomic E-state index is 0.738. The number of nitrogens with one attached hydrogen (secondary N) is 1. The van der Waals surface area contributed by atoms with Crippen LogP contribution in [0.25, 0.3) is 12.2 Å². The lowest BCUT2D eigenvalue weighted by atomic mass is 10.2. The molecule has 0 saturated heterocycles. The fourth-order valence-corrected chi connectivity index (χ4v) is 2.78. The number of hydrogen-bond acceptors (Lipinski definition) is 5. The minimum Gasteiger partial charge on any atom is -0.495 e. The Morgan fingerprint density at radius 3 is 2.65 bits per heavy atom. The summed E-state index contributed by atoms with van der Waals surface area (Å²) in [6.45, 7) is 2.04. The molecule has 0 fully saturated rings. The zero-order valence-corrected chi connectivity index (χ0v) is 13.8. The molecule has 0 aliphatic heterocycles. The second kappa shape index (κ2) is 7.07. The summed E-state index contributed by atoms with van der Waals surface area (Å²) in [6, 6.07) is 16.1. The maximum atomic E-state index is 5.36. The third-order valence-electron chi connectivity index (χ3n) is 3.26. The van der Waals surface area contributed by atoms with Crippen LogP contribution in [0.2, 0.25) is 0 Å². The highest BCUT2D eigenvalue weighted by Gasteiger charge is 2.07. The molecule has 2 aromatic carbocycles. The molecular weight excluding hydrogens is 306 g/mol. The first-order chi connectivity index (χ1) is 11.2. The lowest BCUT2D eigenvalue weighted by Gasteiger charge is -2.09. The molecule has 0 saturated carbocycles. The van der Waals surface area contributed by atoms with Crippen LogP contribution in [0.3, 0.4) is 0 Å². The van der Waals surface area contributed by atoms with Crippen LogP contribution in [0.15, 0.2) is 48.5 Å². The van der Waals surface area contributed by atoms with Gasteiger partial charge in [0.1, 0.15) is 10.8 Å². The molecular formula is C18H17N3OS. The first-order valence-corrected chi connectivity index (χ1v) is 8.04. The van der Waals surface area contributed by atoms with E-state index in [9.17, 15) is 0 Å². The standard InChI is InChI=1S/C18H17N3OS/c1-13-8-10-16(22-2)15(12-13)19-18-21-20-17(23-18)11-9-14-6-4-3-5-7-14/h3-12H,1-2H3,(H,19,21)/b11-9+. The Labute approximate surface area is 139 Å². The fraction of sp³-hybridized carbons (Fsp3) is 0.111. The molecule has 0 unspecified atom stereocenters. The van der Waals surface area contributed by atoms with Crippen LogP contribution in [0.1, 0.15) is 16.1 Å². The van der Waals surface area contributed by atoms with Crippen LogP contribution in [-0.2, 0) is 0 Å². The van der Waals surface area contributed by atoms with Gasteiger partial charge in [-0.3, -0.25) is 0 Å². The summed E-state index contributed by atoms with van der Waals surface area (Å²) in [5.41, 5.74) is 3.18. The maximum absolute atomic E-state index is 5.36. The van der Waals surface area contributed by atoms with Crippen molar-refractivity contribution in [1.82, 2.24) is 10.2 Å². The molecule has 4 nitrogen and oxygen atoms in total. The van der Waals surface area contributed by atoms with Crippen molar-refractivity contribution in [1.29, 1.82) is 0 Å². The summed E-state index contributed by atoms with van der Waals surface area (Å²) in [7, 11) is 1.66. The number of methoxy groups -OCH3 is 1. The molecule has 5 heteroatoms. The van der Waals surface area contributed by atoms with E-state index in [0.29, 0.717) is 0 Å². The monoisotopic (exact) mass is 323 g/mol. The molecule has 0 amide bonds. The van der Waals surface area contributed by atoms with Crippen LogP contribution in [0.5, 0.6) is 5.75 Å². The molecule has 1 N–H and O–H groups in total. The normalized spacial score (nSPS) is 10.9. The highest BCUT2D eigenvalue weighted by molar-refractivity contribution is 7.16. The van der Waals surface area contributed by atoms with Gasteiger partial charge in [0.15, 0.2) is 0 Å². The predicted octanol–water partition coefficient (Wildman–Crippen LogP) is 4.77. The number of rotatable bonds is 5. The minimum atomic E-state index is 0.738. The topological polar surface area (TPSA) is 47.0 Å². The van der Waals surface area contributed by atoms with Crippen molar-refractivity contribution in [3.05, 3.63) is 64.7 Å². The molecule has 116 valence electrons. The lowest BCUT2D eigenvalue weighted by molar-refractivity contribution is 0.416. The third kappa shape index (κ3) is 3.96. The summed E-state index contributed by atoms with van der Waals surface area (Å²) in [5.74, 6) is 0.784. The van der Waals surface area contributed by atoms with E-state index in [0.717, 1.165) is 32.7 Å². The summed E-state index contributed by atoms with van der Waals surface area (Å²) in [5, 5.41) is 13.2. The third-order valence-corrected chi connectivity index (χ3v) is 4.06. The molecule has 0 spiro atoms. The number of anilines is 2. The Morgan fingerprint density at radius 1 is 1.04 bits per heavy atom. The summed E-state index contributed by atoms with van der Waals surface area (Å²) < 4.78 is 5.36. The summed E-state index contributed by atoms with van der Waals surface area (Å²) in [6.07, 6.45) is 3.99. The van der Waals surface area contributed by atoms with Gasteiger partial charge in [0.05, 0.1) is 12.8 Å². The predicted molar refractivity (Wildman–Crippen MR) is 96.3 cm³/mol. The van der Waals surface area contributed by atoms with E-state index in [-0.39, 0.29) is 0 Å². The van der Waals surface area contributed by atoms with E-state index in [1.807, 2.05) is 67.6 Å². The Bertz CT molecular complexity index is 812. The summed E-state index contributed by atoms with van der Waals surface area (Å²) >= 11 is 1.50. The molecule has 0 aliphatic rings. The van der Waals surface area contributed by atoms with Crippen LogP contribution >= 0.6 is 11.3 Å². The van der Waals surface area contributed by atoms with E-state index in [1.165, 1.54) is 11.3 Å². The highest BCUT2D eigenvalue weighted by atomic mass is 32.1. The zero-order valence-electron chi connectivity index (χ0n) is 13.0. The van der Waals surface area contributed by atoms with Crippen molar-refractivity contribution < 1.29 is 4.74 Å². The summed E-state index contributed by atoms with van der Waals surface area (Å²) in [4.78, 5) is 0. The van der Waals surface area contributed by atoms with Crippen molar-refractivity contribution in [2.24, 2.45) is 0 Å². The van der Waals surface area contributed by atoms with Crippen molar-refractivity contribution in [3.63, 3.8) is 0 Å². The number of hydrogen-bond donors (Lipinski definition) is 1. The fourth-order valence-electron chi connectivity index (χ4n) is 2.12. The van der Waals surface area contributed by atoms with Crippen molar-refractivity contribution in [3.8, 4) is 5.75 Å². The number of aryl methyl sites for hydroxylation is 1. The molecule has 3 aromatic rings. The van der Waals surface area contributed by atoms with E-state index in [2.05, 4.69) is 15.5 Å². The molecule has 0 aliphatic carbocycles. The average molecular weight is 323 g/mol. The molecule has 0 atom stereocenters. The van der Waals surface area contributed by atoms with E-state index in [4.69, 9.17) is 4.74 Å². The Balaban J connectivity index is 1.75. The first kappa shape index (κ1) is 15.2. The van der Waals surface area contributed by atoms with Crippen LogP contribution in [0, 0.1) is 6.92 Å². The SMILES string of the molecule is COc1ccc(C)cc1Nc1nnc(/C=C/c2ccccc2)s1. The second-order valence-electron chi connectivity index (χ2n) is 5.02. The Hall–Kier alpha value is -2.66. The van der Waals surface area contributed by atoms with Crippen LogP contribution in [-0.4, -0.2) is 17.3 Å². The van der Waals surface area contributed by atoms with Crippen LogP contribution < -0.4 is 10.1 Å². The molecule has 23 heavy (non-hydrogen) atoms. The van der Waals surface area contributed by atoms with Gasteiger partial charge in [0, 0.05) is 0 Å². The van der Waals surface area contributed by atoms with E-state index < -0.39 is 0 Å². The smallest absolute Gasteiger partial charge is 0.210 e. The Kier molecular flexibility index (Phi) is 4.68. The van der Waals surface area contributed by atoms with Gasteiger partial charge in [-0.1, -0.05) is 53.8 Å². The van der Waals surface area contributed by atoms with Crippen LogP contribution in [0.4, 0.5) is 10.8 Å². The van der Waals surface area contributed by atoms with Crippen molar-refractivity contribution in [2.75, 3.05) is 12.4 Å². The van der Waals surface area contributed by atoms with Gasteiger partial charge in [-0.15, -0.1) is 10.2 Å². The van der Waals surface area contributed by atoms with Crippen molar-refractivity contribution >= 4 is 34.3 Å². The van der Waals surface area contributed by atoms with Gasteiger partial charge in [-0.2, -0.15) is 0 Å². The molecule has 0 radical (unpaired) electrons. The first-order valence-electron chi connectivity index (χ1n) is 7.23. The van der Waals surface area contributed by atoms with Gasteiger partial charge >= 0.3 is 0 Å². The number of nitrogens with zero attached hydrogens (tertiary/aromatic N) is 2. The van der Waals surface area contributed by atoms with Crippen molar-refractivity contribution in [2.45, 2.75) is 6.92 Å².